The van der Waals surface area contributed by atoms with E-state index < -0.39 is 11.6 Å². The van der Waals surface area contributed by atoms with Crippen LogP contribution in [0, 0.1) is 17.6 Å². The number of amides is 2. The highest BCUT2D eigenvalue weighted by Gasteiger charge is 2.26. The molecule has 1 saturated heterocycles. The van der Waals surface area contributed by atoms with Crippen molar-refractivity contribution in [2.45, 2.75) is 12.8 Å². The van der Waals surface area contributed by atoms with Crippen molar-refractivity contribution in [3.8, 4) is 5.75 Å². The second kappa shape index (κ2) is 8.19. The number of nitrogens with zero attached hydrogens (tertiary/aromatic N) is 2. The van der Waals surface area contributed by atoms with Crippen molar-refractivity contribution in [2.24, 2.45) is 5.92 Å². The van der Waals surface area contributed by atoms with Crippen molar-refractivity contribution < 1.29 is 23.1 Å². The molecule has 1 aliphatic heterocycles. The highest BCUT2D eigenvalue weighted by atomic mass is 19.2. The molecule has 29 heavy (non-hydrogen) atoms. The number of ether oxygens (including phenoxy) is 1. The van der Waals surface area contributed by atoms with Crippen molar-refractivity contribution in [1.29, 1.82) is 0 Å². The first-order chi connectivity index (χ1) is 14.0. The van der Waals surface area contributed by atoms with E-state index in [1.54, 1.807) is 34.1 Å². The number of rotatable bonds is 5. The fourth-order valence-corrected chi connectivity index (χ4v) is 3.30. The second-order valence-electron chi connectivity index (χ2n) is 7.49. The molecule has 0 unspecified atom stereocenters. The van der Waals surface area contributed by atoms with Gasteiger partial charge in [-0.25, -0.2) is 8.78 Å². The van der Waals surface area contributed by atoms with E-state index in [1.807, 2.05) is 0 Å². The number of hydrogen-bond donors (Lipinski definition) is 0. The zero-order valence-electron chi connectivity index (χ0n) is 15.9. The highest BCUT2D eigenvalue weighted by Crippen LogP contribution is 2.29. The Hall–Kier alpha value is -2.96. The molecule has 0 spiro atoms. The topological polar surface area (TPSA) is 49.9 Å². The van der Waals surface area contributed by atoms with Crippen LogP contribution >= 0.6 is 0 Å². The van der Waals surface area contributed by atoms with Crippen LogP contribution in [-0.2, 0) is 0 Å². The van der Waals surface area contributed by atoms with Crippen LogP contribution in [0.25, 0.3) is 0 Å². The van der Waals surface area contributed by atoms with E-state index >= 15 is 0 Å². The number of carbonyl (C=O) groups excluding carboxylic acids is 2. The third kappa shape index (κ3) is 4.55. The summed E-state index contributed by atoms with van der Waals surface area (Å²) in [5, 5.41) is 0. The fraction of sp³-hybridized carbons (Fsp3) is 0.364. The number of carbonyl (C=O) groups is 2. The fourth-order valence-electron chi connectivity index (χ4n) is 3.30. The van der Waals surface area contributed by atoms with E-state index in [0.29, 0.717) is 37.7 Å². The first kappa shape index (κ1) is 19.4. The third-order valence-electron chi connectivity index (χ3n) is 5.30. The van der Waals surface area contributed by atoms with Gasteiger partial charge in [-0.15, -0.1) is 0 Å². The van der Waals surface area contributed by atoms with Gasteiger partial charge in [-0.2, -0.15) is 0 Å². The zero-order valence-corrected chi connectivity index (χ0v) is 15.9. The van der Waals surface area contributed by atoms with Crippen molar-refractivity contribution in [2.75, 3.05) is 32.8 Å². The van der Waals surface area contributed by atoms with Gasteiger partial charge >= 0.3 is 0 Å². The summed E-state index contributed by atoms with van der Waals surface area (Å²) in [7, 11) is 0. The van der Waals surface area contributed by atoms with Crippen LogP contribution < -0.4 is 4.74 Å². The van der Waals surface area contributed by atoms with Crippen LogP contribution in [0.1, 0.15) is 33.6 Å². The van der Waals surface area contributed by atoms with Gasteiger partial charge in [-0.05, 0) is 61.2 Å². The molecule has 152 valence electrons. The molecular formula is C22H22F2N2O3. The largest absolute Gasteiger partial charge is 0.493 e. The van der Waals surface area contributed by atoms with Crippen molar-refractivity contribution in [3.63, 3.8) is 0 Å². The molecule has 0 N–H and O–H groups in total. The number of piperazine rings is 1. The summed E-state index contributed by atoms with van der Waals surface area (Å²) in [5.41, 5.74) is 0.676. The van der Waals surface area contributed by atoms with Gasteiger partial charge in [0, 0.05) is 37.3 Å². The van der Waals surface area contributed by atoms with Crippen LogP contribution in [0.5, 0.6) is 5.75 Å². The maximum atomic E-state index is 13.4. The van der Waals surface area contributed by atoms with Crippen molar-refractivity contribution >= 4 is 11.8 Å². The normalized spacial score (nSPS) is 16.6. The van der Waals surface area contributed by atoms with Gasteiger partial charge < -0.3 is 14.5 Å². The minimum absolute atomic E-state index is 0.0985. The van der Waals surface area contributed by atoms with Gasteiger partial charge in [-0.3, -0.25) is 9.59 Å². The lowest BCUT2D eigenvalue weighted by Gasteiger charge is -2.35. The molecule has 2 fully saturated rings. The monoisotopic (exact) mass is 400 g/mol. The molecular weight excluding hydrogens is 378 g/mol. The molecule has 1 saturated carbocycles. The molecule has 7 heteroatoms. The predicted octanol–water partition coefficient (Wildman–Crippen LogP) is 3.35. The lowest BCUT2D eigenvalue weighted by molar-refractivity contribution is 0.0535. The van der Waals surface area contributed by atoms with Crippen LogP contribution in [0.3, 0.4) is 0 Å². The van der Waals surface area contributed by atoms with E-state index in [-0.39, 0.29) is 17.4 Å². The Bertz CT molecular complexity index is 905. The smallest absolute Gasteiger partial charge is 0.254 e. The summed E-state index contributed by atoms with van der Waals surface area (Å²) < 4.78 is 32.1. The molecule has 2 amide bonds. The molecule has 0 atom stereocenters. The van der Waals surface area contributed by atoms with E-state index in [1.165, 1.54) is 18.9 Å². The lowest BCUT2D eigenvalue weighted by atomic mass is 10.1. The summed E-state index contributed by atoms with van der Waals surface area (Å²) in [5.74, 6) is -1.07. The predicted molar refractivity (Wildman–Crippen MR) is 103 cm³/mol. The molecule has 1 heterocycles. The molecule has 2 aliphatic rings. The van der Waals surface area contributed by atoms with Gasteiger partial charge in [0.1, 0.15) is 5.75 Å². The first-order valence-electron chi connectivity index (χ1n) is 9.78. The molecule has 2 aromatic carbocycles. The maximum Gasteiger partial charge on any atom is 0.254 e. The Kier molecular flexibility index (Phi) is 5.47. The highest BCUT2D eigenvalue weighted by molar-refractivity contribution is 5.96. The number of benzene rings is 2. The van der Waals surface area contributed by atoms with Gasteiger partial charge in [0.15, 0.2) is 11.6 Å². The maximum absolute atomic E-state index is 13.4. The van der Waals surface area contributed by atoms with E-state index in [9.17, 15) is 18.4 Å². The average molecular weight is 400 g/mol. The number of halogens is 2. The third-order valence-corrected chi connectivity index (χ3v) is 5.30. The van der Waals surface area contributed by atoms with Crippen molar-refractivity contribution in [1.82, 2.24) is 9.80 Å². The Morgan fingerprint density at radius 2 is 1.38 bits per heavy atom. The molecule has 1 aliphatic carbocycles. The minimum atomic E-state index is -1.05. The van der Waals surface area contributed by atoms with E-state index in [4.69, 9.17) is 4.74 Å². The van der Waals surface area contributed by atoms with Crippen molar-refractivity contribution in [3.05, 3.63) is 65.2 Å². The van der Waals surface area contributed by atoms with E-state index in [2.05, 4.69) is 0 Å². The molecule has 5 nitrogen and oxygen atoms in total. The summed E-state index contributed by atoms with van der Waals surface area (Å²) in [6.45, 7) is 2.17. The first-order valence-corrected chi connectivity index (χ1v) is 9.78. The Morgan fingerprint density at radius 3 is 1.93 bits per heavy atom. The van der Waals surface area contributed by atoms with Gasteiger partial charge in [0.05, 0.1) is 6.61 Å². The molecule has 0 aromatic heterocycles. The molecule has 4 rings (SSSR count). The van der Waals surface area contributed by atoms with Crippen LogP contribution in [0.2, 0.25) is 0 Å². The molecule has 2 aromatic rings. The standard InChI is InChI=1S/C22H22F2N2O3/c23-19-8-5-17(13-20(19)24)22(28)26-11-9-25(10-12-26)21(27)16-3-6-18(7-4-16)29-14-15-1-2-15/h3-8,13,15H,1-2,9-12,14H2. The van der Waals surface area contributed by atoms with Crippen LogP contribution in [-0.4, -0.2) is 54.4 Å². The minimum Gasteiger partial charge on any atom is -0.493 e. The quantitative estimate of drug-likeness (QED) is 0.774. The van der Waals surface area contributed by atoms with E-state index in [0.717, 1.165) is 24.5 Å². The summed E-state index contributed by atoms with van der Waals surface area (Å²) in [6, 6.07) is 10.2. The van der Waals surface area contributed by atoms with Gasteiger partial charge in [0.2, 0.25) is 0 Å². The van der Waals surface area contributed by atoms with Gasteiger partial charge in [0.25, 0.3) is 11.8 Å². The molecule has 0 bridgehead atoms. The lowest BCUT2D eigenvalue weighted by Crippen LogP contribution is -2.50. The second-order valence-corrected chi connectivity index (χ2v) is 7.49. The Balaban J connectivity index is 1.31. The van der Waals surface area contributed by atoms with Crippen LogP contribution in [0.15, 0.2) is 42.5 Å². The molecule has 0 radical (unpaired) electrons. The summed E-state index contributed by atoms with van der Waals surface area (Å²) >= 11 is 0. The average Bonchev–Trinajstić information content (AvgIpc) is 3.58. The Morgan fingerprint density at radius 1 is 0.828 bits per heavy atom. The Labute approximate surface area is 167 Å². The SMILES string of the molecule is O=C(c1ccc(OCC2CC2)cc1)N1CCN(C(=O)c2ccc(F)c(F)c2)CC1. The number of hydrogen-bond acceptors (Lipinski definition) is 3. The van der Waals surface area contributed by atoms with Gasteiger partial charge in [-0.1, -0.05) is 0 Å². The van der Waals surface area contributed by atoms with Crippen LogP contribution in [0.4, 0.5) is 8.78 Å². The zero-order chi connectivity index (χ0) is 20.4. The summed E-state index contributed by atoms with van der Waals surface area (Å²) in [4.78, 5) is 28.4. The summed E-state index contributed by atoms with van der Waals surface area (Å²) in [6.07, 6.45) is 2.45.